The highest BCUT2D eigenvalue weighted by atomic mass is 32.2. The van der Waals surface area contributed by atoms with E-state index in [0.717, 1.165) is 15.9 Å². The van der Waals surface area contributed by atoms with E-state index in [9.17, 15) is 22.4 Å². The fourth-order valence-corrected chi connectivity index (χ4v) is 6.28. The van der Waals surface area contributed by atoms with Crippen LogP contribution in [0.4, 0.5) is 15.8 Å². The molecule has 1 amide bonds. The van der Waals surface area contributed by atoms with Crippen molar-refractivity contribution in [3.8, 4) is 11.1 Å². The predicted molar refractivity (Wildman–Crippen MR) is 150 cm³/mol. The fraction of sp³-hybridized carbons (Fsp3) is 0.161. The molecule has 0 aromatic heterocycles. The van der Waals surface area contributed by atoms with Crippen molar-refractivity contribution < 1.29 is 22.4 Å². The van der Waals surface area contributed by atoms with Crippen LogP contribution < -0.4 is 9.62 Å². The van der Waals surface area contributed by atoms with E-state index in [4.69, 9.17) is 0 Å². The number of carbonyl (C=O) groups excluding carboxylic acids is 2. The van der Waals surface area contributed by atoms with Crippen LogP contribution in [0.2, 0.25) is 0 Å². The van der Waals surface area contributed by atoms with E-state index in [1.54, 1.807) is 54.6 Å². The highest BCUT2D eigenvalue weighted by molar-refractivity contribution is 7.93. The molecule has 1 N–H and O–H groups in total. The lowest BCUT2D eigenvalue weighted by Gasteiger charge is -2.31. The van der Waals surface area contributed by atoms with E-state index < -0.39 is 28.3 Å². The van der Waals surface area contributed by atoms with Crippen molar-refractivity contribution in [2.45, 2.75) is 31.1 Å². The summed E-state index contributed by atoms with van der Waals surface area (Å²) in [5.41, 5.74) is 3.32. The number of hydrogen-bond acceptors (Lipinski definition) is 4. The number of fused-ring (bicyclic) bond motifs is 3. The lowest BCUT2D eigenvalue weighted by Crippen LogP contribution is -2.40. The minimum atomic E-state index is -4.07. The Balaban J connectivity index is 1.38. The van der Waals surface area contributed by atoms with Gasteiger partial charge in [0.15, 0.2) is 5.78 Å². The summed E-state index contributed by atoms with van der Waals surface area (Å²) in [6, 6.07) is 24.0. The second kappa shape index (κ2) is 9.78. The number of nitrogens with zero attached hydrogens (tertiary/aromatic N) is 1. The van der Waals surface area contributed by atoms with Gasteiger partial charge >= 0.3 is 0 Å². The number of carbonyl (C=O) groups is 2. The van der Waals surface area contributed by atoms with Crippen molar-refractivity contribution in [3.63, 3.8) is 0 Å². The zero-order valence-electron chi connectivity index (χ0n) is 21.7. The van der Waals surface area contributed by atoms with Crippen molar-refractivity contribution in [1.29, 1.82) is 0 Å². The van der Waals surface area contributed by atoms with E-state index in [0.29, 0.717) is 27.9 Å². The third-order valence-corrected chi connectivity index (χ3v) is 8.50. The molecule has 0 fully saturated rings. The van der Waals surface area contributed by atoms with Crippen LogP contribution in [0.15, 0.2) is 95.9 Å². The Morgan fingerprint density at radius 2 is 1.54 bits per heavy atom. The van der Waals surface area contributed by atoms with E-state index >= 15 is 0 Å². The Kier molecular flexibility index (Phi) is 6.60. The summed E-state index contributed by atoms with van der Waals surface area (Å²) in [5.74, 6) is -1.31. The number of hydrogen-bond donors (Lipinski definition) is 1. The minimum absolute atomic E-state index is 0.000901. The molecule has 0 unspecified atom stereocenters. The van der Waals surface area contributed by atoms with Crippen LogP contribution >= 0.6 is 0 Å². The number of halogens is 1. The molecule has 0 radical (unpaired) electrons. The average Bonchev–Trinajstić information content (AvgIpc) is 2.90. The van der Waals surface area contributed by atoms with Crippen molar-refractivity contribution >= 4 is 33.1 Å². The smallest absolute Gasteiger partial charge is 0.265 e. The molecule has 0 atom stereocenters. The summed E-state index contributed by atoms with van der Waals surface area (Å²) in [6.07, 6.45) is 0. The quantitative estimate of drug-likeness (QED) is 0.306. The maximum absolute atomic E-state index is 14.1. The van der Waals surface area contributed by atoms with Crippen LogP contribution in [0.1, 0.15) is 42.3 Å². The normalized spacial score (nSPS) is 13.8. The first-order valence-electron chi connectivity index (χ1n) is 12.4. The second-order valence-electron chi connectivity index (χ2n) is 10.5. The van der Waals surface area contributed by atoms with Gasteiger partial charge in [0, 0.05) is 27.9 Å². The average molecular weight is 543 g/mol. The highest BCUT2D eigenvalue weighted by Crippen LogP contribution is 2.43. The van der Waals surface area contributed by atoms with E-state index in [1.165, 1.54) is 18.2 Å². The van der Waals surface area contributed by atoms with Crippen molar-refractivity contribution in [1.82, 2.24) is 0 Å². The first-order valence-corrected chi connectivity index (χ1v) is 13.9. The summed E-state index contributed by atoms with van der Waals surface area (Å²) in [6.45, 7) is 5.77. The molecule has 0 bridgehead atoms. The molecular weight excluding hydrogens is 515 g/mol. The van der Waals surface area contributed by atoms with Gasteiger partial charge in [-0.05, 0) is 47.4 Å². The van der Waals surface area contributed by atoms with Crippen LogP contribution in [-0.2, 0) is 20.2 Å². The molecule has 5 rings (SSSR count). The molecule has 0 spiro atoms. The standard InChI is InChI=1S/C31H27FN2O4S/c1-31(2,3)22-13-11-20(12-14-22)30(36)21-7-6-8-24(17-21)33-29(35)19-34-27-16-15-23(32)18-26(27)25-9-4-5-10-28(25)39(34,37)38/h4-18H,19H2,1-3H3,(H,33,35). The maximum atomic E-state index is 14.1. The number of benzene rings is 4. The van der Waals surface area contributed by atoms with Gasteiger partial charge < -0.3 is 5.32 Å². The molecule has 6 nitrogen and oxygen atoms in total. The van der Waals surface area contributed by atoms with Crippen molar-refractivity contribution in [2.75, 3.05) is 16.2 Å². The number of rotatable bonds is 5. The Hall–Kier alpha value is -4.30. The van der Waals surface area contributed by atoms with Crippen LogP contribution in [0.25, 0.3) is 11.1 Å². The zero-order valence-corrected chi connectivity index (χ0v) is 22.6. The molecule has 39 heavy (non-hydrogen) atoms. The summed E-state index contributed by atoms with van der Waals surface area (Å²) in [4.78, 5) is 26.2. The van der Waals surface area contributed by atoms with Gasteiger partial charge in [-0.3, -0.25) is 13.9 Å². The maximum Gasteiger partial charge on any atom is 0.265 e. The molecule has 4 aromatic carbocycles. The molecule has 0 saturated carbocycles. The summed E-state index contributed by atoms with van der Waals surface area (Å²) < 4.78 is 41.9. The number of amides is 1. The van der Waals surface area contributed by atoms with Gasteiger partial charge in [0.25, 0.3) is 10.0 Å². The van der Waals surface area contributed by atoms with E-state index in [1.807, 2.05) is 12.1 Å². The zero-order chi connectivity index (χ0) is 27.9. The number of ketones is 1. The number of anilines is 2. The van der Waals surface area contributed by atoms with E-state index in [2.05, 4.69) is 26.1 Å². The molecule has 198 valence electrons. The summed E-state index contributed by atoms with van der Waals surface area (Å²) in [5, 5.41) is 2.70. The molecule has 0 aliphatic carbocycles. The Labute approximate surface area is 227 Å². The Morgan fingerprint density at radius 3 is 2.26 bits per heavy atom. The van der Waals surface area contributed by atoms with Gasteiger partial charge in [-0.2, -0.15) is 0 Å². The lowest BCUT2D eigenvalue weighted by molar-refractivity contribution is -0.114. The topological polar surface area (TPSA) is 83.6 Å². The SMILES string of the molecule is CC(C)(C)c1ccc(C(=O)c2cccc(NC(=O)CN3c4ccc(F)cc4-c4ccccc4S3(=O)=O)c2)cc1. The summed E-state index contributed by atoms with van der Waals surface area (Å²) in [7, 11) is -4.07. The molecular formula is C31H27FN2O4S. The summed E-state index contributed by atoms with van der Waals surface area (Å²) >= 11 is 0. The first-order chi connectivity index (χ1) is 18.4. The van der Waals surface area contributed by atoms with Crippen molar-refractivity contribution in [2.24, 2.45) is 0 Å². The van der Waals surface area contributed by atoms with E-state index in [-0.39, 0.29) is 21.8 Å². The number of nitrogens with one attached hydrogen (secondary N) is 1. The van der Waals surface area contributed by atoms with Gasteiger partial charge in [0.05, 0.1) is 10.6 Å². The largest absolute Gasteiger partial charge is 0.324 e. The third-order valence-electron chi connectivity index (χ3n) is 6.68. The minimum Gasteiger partial charge on any atom is -0.324 e. The Morgan fingerprint density at radius 1 is 0.821 bits per heavy atom. The Bertz CT molecular complexity index is 1710. The van der Waals surface area contributed by atoms with Crippen molar-refractivity contribution in [3.05, 3.63) is 114 Å². The molecule has 1 heterocycles. The predicted octanol–water partition coefficient (Wildman–Crippen LogP) is 6.17. The van der Waals surface area contributed by atoms with Crippen LogP contribution in [0, 0.1) is 5.82 Å². The molecule has 0 saturated heterocycles. The third kappa shape index (κ3) is 5.07. The van der Waals surface area contributed by atoms with Crippen LogP contribution in [-0.4, -0.2) is 26.7 Å². The van der Waals surface area contributed by atoms with Gasteiger partial charge in [0.2, 0.25) is 5.91 Å². The highest BCUT2D eigenvalue weighted by Gasteiger charge is 2.36. The monoisotopic (exact) mass is 542 g/mol. The van der Waals surface area contributed by atoms with Crippen LogP contribution in [0.5, 0.6) is 0 Å². The van der Waals surface area contributed by atoms with Gasteiger partial charge in [-0.1, -0.05) is 75.4 Å². The van der Waals surface area contributed by atoms with Crippen LogP contribution in [0.3, 0.4) is 0 Å². The lowest BCUT2D eigenvalue weighted by atomic mass is 9.86. The molecule has 1 aliphatic heterocycles. The number of sulfonamides is 1. The fourth-order valence-electron chi connectivity index (χ4n) is 4.63. The molecule has 4 aromatic rings. The second-order valence-corrected chi connectivity index (χ2v) is 12.3. The first kappa shape index (κ1) is 26.3. The van der Waals surface area contributed by atoms with Gasteiger partial charge in [-0.25, -0.2) is 12.8 Å². The van der Waals surface area contributed by atoms with Gasteiger partial charge in [0.1, 0.15) is 12.4 Å². The molecule has 8 heteroatoms. The van der Waals surface area contributed by atoms with Gasteiger partial charge in [-0.15, -0.1) is 0 Å². The molecule has 1 aliphatic rings.